The number of anilines is 1. The fourth-order valence-electron chi connectivity index (χ4n) is 1.92. The van der Waals surface area contributed by atoms with E-state index >= 15 is 0 Å². The standard InChI is InChI=1S/C13H13N3O4/c17-12(18)4-2-7-14-10-5-6-11(16(19)20)9-3-1-8-15-13(9)10/h1,3,5-6,8,14H,2,4,7H2,(H,17,18). The Kier molecular flexibility index (Phi) is 4.09. The number of nitro benzene ring substituents is 1. The monoisotopic (exact) mass is 275 g/mol. The van der Waals surface area contributed by atoms with Gasteiger partial charge in [-0.1, -0.05) is 0 Å². The van der Waals surface area contributed by atoms with E-state index < -0.39 is 10.9 Å². The molecule has 0 unspecified atom stereocenters. The number of non-ortho nitro benzene ring substituents is 1. The molecule has 0 spiro atoms. The number of hydrogen-bond acceptors (Lipinski definition) is 5. The lowest BCUT2D eigenvalue weighted by atomic mass is 10.1. The third kappa shape index (κ3) is 3.00. The first-order chi connectivity index (χ1) is 9.59. The number of nitrogens with one attached hydrogen (secondary N) is 1. The number of aliphatic carboxylic acids is 1. The summed E-state index contributed by atoms with van der Waals surface area (Å²) in [6.07, 6.45) is 2.11. The predicted molar refractivity (Wildman–Crippen MR) is 73.8 cm³/mol. The molecule has 0 saturated heterocycles. The summed E-state index contributed by atoms with van der Waals surface area (Å²) in [6, 6.07) is 6.30. The van der Waals surface area contributed by atoms with Gasteiger partial charge in [0.15, 0.2) is 0 Å². The van der Waals surface area contributed by atoms with Crippen LogP contribution in [-0.4, -0.2) is 27.5 Å². The Morgan fingerprint density at radius 2 is 2.20 bits per heavy atom. The van der Waals surface area contributed by atoms with E-state index in [0.717, 1.165) is 0 Å². The number of hydrogen-bond donors (Lipinski definition) is 2. The lowest BCUT2D eigenvalue weighted by Gasteiger charge is -2.08. The van der Waals surface area contributed by atoms with E-state index in [-0.39, 0.29) is 12.1 Å². The van der Waals surface area contributed by atoms with E-state index in [9.17, 15) is 14.9 Å². The van der Waals surface area contributed by atoms with Crippen molar-refractivity contribution in [1.29, 1.82) is 0 Å². The van der Waals surface area contributed by atoms with Gasteiger partial charge in [0.05, 0.1) is 16.0 Å². The maximum Gasteiger partial charge on any atom is 0.303 e. The molecule has 0 aliphatic heterocycles. The van der Waals surface area contributed by atoms with Gasteiger partial charge in [-0.3, -0.25) is 19.9 Å². The highest BCUT2D eigenvalue weighted by Gasteiger charge is 2.14. The Bertz CT molecular complexity index is 657. The topological polar surface area (TPSA) is 105 Å². The Morgan fingerprint density at radius 1 is 1.40 bits per heavy atom. The molecular formula is C13H13N3O4. The average Bonchev–Trinajstić information content (AvgIpc) is 2.43. The van der Waals surface area contributed by atoms with E-state index in [2.05, 4.69) is 10.3 Å². The second kappa shape index (κ2) is 5.96. The number of fused-ring (bicyclic) bond motifs is 1. The van der Waals surface area contributed by atoms with Gasteiger partial charge >= 0.3 is 5.97 Å². The summed E-state index contributed by atoms with van der Waals surface area (Å²) >= 11 is 0. The Hall–Kier alpha value is -2.70. The molecule has 0 bridgehead atoms. The zero-order valence-electron chi connectivity index (χ0n) is 10.6. The molecule has 1 aromatic carbocycles. The summed E-state index contributed by atoms with van der Waals surface area (Å²) in [7, 11) is 0. The molecular weight excluding hydrogens is 262 g/mol. The van der Waals surface area contributed by atoms with Crippen LogP contribution in [0.2, 0.25) is 0 Å². The molecule has 20 heavy (non-hydrogen) atoms. The fourth-order valence-corrected chi connectivity index (χ4v) is 1.92. The number of nitrogens with zero attached hydrogens (tertiary/aromatic N) is 2. The lowest BCUT2D eigenvalue weighted by molar-refractivity contribution is -0.383. The molecule has 2 rings (SSSR count). The SMILES string of the molecule is O=C(O)CCCNc1ccc([N+](=O)[O-])c2cccnc12. The largest absolute Gasteiger partial charge is 0.481 e. The smallest absolute Gasteiger partial charge is 0.303 e. The van der Waals surface area contributed by atoms with Gasteiger partial charge in [0.2, 0.25) is 0 Å². The van der Waals surface area contributed by atoms with Crippen LogP contribution >= 0.6 is 0 Å². The van der Waals surface area contributed by atoms with Crippen LogP contribution in [0.3, 0.4) is 0 Å². The molecule has 1 aromatic heterocycles. The number of carbonyl (C=O) groups is 1. The van der Waals surface area contributed by atoms with Gasteiger partial charge in [-0.15, -0.1) is 0 Å². The van der Waals surface area contributed by atoms with E-state index in [1.54, 1.807) is 24.4 Å². The highest BCUT2D eigenvalue weighted by atomic mass is 16.6. The number of nitro groups is 1. The van der Waals surface area contributed by atoms with Gasteiger partial charge < -0.3 is 10.4 Å². The molecule has 7 heteroatoms. The van der Waals surface area contributed by atoms with E-state index in [0.29, 0.717) is 29.6 Å². The molecule has 2 aromatic rings. The first-order valence-electron chi connectivity index (χ1n) is 6.07. The lowest BCUT2D eigenvalue weighted by Crippen LogP contribution is -2.06. The summed E-state index contributed by atoms with van der Waals surface area (Å²) in [6.45, 7) is 0.468. The zero-order chi connectivity index (χ0) is 14.5. The van der Waals surface area contributed by atoms with E-state index in [1.165, 1.54) is 6.07 Å². The average molecular weight is 275 g/mol. The van der Waals surface area contributed by atoms with Crippen LogP contribution in [0.4, 0.5) is 11.4 Å². The molecule has 0 fully saturated rings. The number of benzene rings is 1. The summed E-state index contributed by atoms with van der Waals surface area (Å²) in [4.78, 5) is 25.1. The van der Waals surface area contributed by atoms with Gasteiger partial charge in [-0.05, 0) is 24.6 Å². The summed E-state index contributed by atoms with van der Waals surface area (Å²) in [5, 5.41) is 23.0. The maximum absolute atomic E-state index is 11.0. The van der Waals surface area contributed by atoms with Gasteiger partial charge in [0, 0.05) is 25.2 Å². The van der Waals surface area contributed by atoms with Crippen molar-refractivity contribution in [1.82, 2.24) is 4.98 Å². The van der Waals surface area contributed by atoms with Crippen LogP contribution in [0.1, 0.15) is 12.8 Å². The number of pyridine rings is 1. The van der Waals surface area contributed by atoms with Crippen molar-refractivity contribution in [3.05, 3.63) is 40.6 Å². The second-order valence-corrected chi connectivity index (χ2v) is 4.21. The maximum atomic E-state index is 11.0. The minimum atomic E-state index is -0.849. The molecule has 104 valence electrons. The molecule has 0 atom stereocenters. The molecule has 7 nitrogen and oxygen atoms in total. The van der Waals surface area contributed by atoms with Gasteiger partial charge in [-0.2, -0.15) is 0 Å². The minimum Gasteiger partial charge on any atom is -0.481 e. The Balaban J connectivity index is 2.24. The van der Waals surface area contributed by atoms with Crippen LogP contribution in [0, 0.1) is 10.1 Å². The highest BCUT2D eigenvalue weighted by Crippen LogP contribution is 2.29. The second-order valence-electron chi connectivity index (χ2n) is 4.21. The van der Waals surface area contributed by atoms with Crippen LogP contribution < -0.4 is 5.32 Å². The first-order valence-corrected chi connectivity index (χ1v) is 6.07. The summed E-state index contributed by atoms with van der Waals surface area (Å²) < 4.78 is 0. The first kappa shape index (κ1) is 13.7. The fraction of sp³-hybridized carbons (Fsp3) is 0.231. The van der Waals surface area contributed by atoms with Crippen molar-refractivity contribution in [3.8, 4) is 0 Å². The molecule has 0 saturated carbocycles. The molecule has 2 N–H and O–H groups in total. The minimum absolute atomic E-state index is 0.00388. The van der Waals surface area contributed by atoms with Crippen molar-refractivity contribution >= 4 is 28.2 Å². The number of carboxylic acid groups (broad SMARTS) is 1. The van der Waals surface area contributed by atoms with Crippen molar-refractivity contribution in [2.75, 3.05) is 11.9 Å². The molecule has 0 radical (unpaired) electrons. The zero-order valence-corrected chi connectivity index (χ0v) is 10.6. The Labute approximate surface area is 114 Å². The normalized spacial score (nSPS) is 10.4. The van der Waals surface area contributed by atoms with Crippen LogP contribution in [-0.2, 0) is 4.79 Å². The van der Waals surface area contributed by atoms with Crippen molar-refractivity contribution in [3.63, 3.8) is 0 Å². The van der Waals surface area contributed by atoms with Crippen LogP contribution in [0.25, 0.3) is 10.9 Å². The number of aromatic nitrogens is 1. The number of rotatable bonds is 6. The molecule has 0 aliphatic rings. The van der Waals surface area contributed by atoms with Crippen LogP contribution in [0.5, 0.6) is 0 Å². The third-order valence-electron chi connectivity index (χ3n) is 2.83. The molecule has 0 aliphatic carbocycles. The quantitative estimate of drug-likeness (QED) is 0.476. The van der Waals surface area contributed by atoms with Gasteiger partial charge in [0.25, 0.3) is 5.69 Å². The molecule has 0 amide bonds. The van der Waals surface area contributed by atoms with Crippen molar-refractivity contribution in [2.45, 2.75) is 12.8 Å². The van der Waals surface area contributed by atoms with Crippen molar-refractivity contribution < 1.29 is 14.8 Å². The van der Waals surface area contributed by atoms with Gasteiger partial charge in [-0.25, -0.2) is 0 Å². The van der Waals surface area contributed by atoms with Gasteiger partial charge in [0.1, 0.15) is 5.52 Å². The summed E-state index contributed by atoms with van der Waals surface area (Å²) in [5.74, 6) is -0.849. The predicted octanol–water partition coefficient (Wildman–Crippen LogP) is 2.42. The third-order valence-corrected chi connectivity index (χ3v) is 2.83. The van der Waals surface area contributed by atoms with Crippen LogP contribution in [0.15, 0.2) is 30.5 Å². The molecule has 1 heterocycles. The number of carboxylic acids is 1. The summed E-state index contributed by atoms with van der Waals surface area (Å²) in [5.41, 5.74) is 1.18. The van der Waals surface area contributed by atoms with E-state index in [1.807, 2.05) is 0 Å². The van der Waals surface area contributed by atoms with E-state index in [4.69, 9.17) is 5.11 Å². The Morgan fingerprint density at radius 3 is 2.90 bits per heavy atom. The van der Waals surface area contributed by atoms with Crippen molar-refractivity contribution in [2.24, 2.45) is 0 Å². The highest BCUT2D eigenvalue weighted by molar-refractivity contribution is 5.96.